The maximum absolute atomic E-state index is 13.1. The third-order valence-electron chi connectivity index (χ3n) is 6.61. The number of carboxylic acid groups (broad SMARTS) is 1. The number of nitrogens with zero attached hydrogens (tertiary/aromatic N) is 1. The molecular formula is C27H44N6O11S. The van der Waals surface area contributed by atoms with Crippen LogP contribution in [0.2, 0.25) is 0 Å². The first kappa shape index (κ1) is 39.7. The van der Waals surface area contributed by atoms with Crippen LogP contribution in [0.25, 0.3) is 0 Å². The number of carboxylic acids is 1. The van der Waals surface area contributed by atoms with E-state index in [1.807, 2.05) is 0 Å². The van der Waals surface area contributed by atoms with Crippen LogP contribution in [-0.2, 0) is 47.8 Å². The Morgan fingerprint density at radius 3 is 2.27 bits per heavy atom. The van der Waals surface area contributed by atoms with Crippen LogP contribution >= 0.6 is 11.8 Å². The van der Waals surface area contributed by atoms with Crippen molar-refractivity contribution in [3.8, 4) is 0 Å². The summed E-state index contributed by atoms with van der Waals surface area (Å²) in [7, 11) is 0. The van der Waals surface area contributed by atoms with Crippen molar-refractivity contribution in [2.75, 3.05) is 37.7 Å². The molecule has 254 valence electrons. The first-order chi connectivity index (χ1) is 21.2. The highest BCUT2D eigenvalue weighted by Gasteiger charge is 2.41. The molecule has 1 saturated heterocycles. The van der Waals surface area contributed by atoms with Gasteiger partial charge in [-0.05, 0) is 32.2 Å². The van der Waals surface area contributed by atoms with Gasteiger partial charge in [0.25, 0.3) is 0 Å². The number of hydrogen-bond donors (Lipinski definition) is 6. The zero-order chi connectivity index (χ0) is 34.1. The fraction of sp³-hybridized carbons (Fsp3) is 0.704. The maximum atomic E-state index is 13.1. The number of hydrazine groups is 1. The van der Waals surface area contributed by atoms with Crippen LogP contribution in [0.3, 0.4) is 0 Å². The van der Waals surface area contributed by atoms with Crippen molar-refractivity contribution in [1.29, 1.82) is 0 Å². The lowest BCUT2D eigenvalue weighted by atomic mass is 9.98. The van der Waals surface area contributed by atoms with E-state index >= 15 is 0 Å². The number of hydrogen-bond acceptors (Lipinski definition) is 16. The number of carbonyl (C=O) groups is 8. The van der Waals surface area contributed by atoms with Crippen LogP contribution < -0.4 is 28.1 Å². The predicted molar refractivity (Wildman–Crippen MR) is 160 cm³/mol. The number of amides is 1. The van der Waals surface area contributed by atoms with Gasteiger partial charge >= 0.3 is 17.9 Å². The minimum Gasteiger partial charge on any atom is -0.481 e. The summed E-state index contributed by atoms with van der Waals surface area (Å²) < 4.78 is 9.87. The molecule has 17 nitrogen and oxygen atoms in total. The van der Waals surface area contributed by atoms with Gasteiger partial charge in [-0.1, -0.05) is 6.42 Å². The molecule has 9 N–H and O–H groups in total. The van der Waals surface area contributed by atoms with E-state index < -0.39 is 90.2 Å². The summed E-state index contributed by atoms with van der Waals surface area (Å²) >= 11 is 1.08. The number of nitrogens with two attached hydrogens (primary N) is 3. The SMILES string of the molecule is CC(=O)OCC(CSCC(N)C(=O)C(=O)CNN[C@@H](CC(=O)O)C(=O)C(=O)[C@@H]1CCCN1C(=O)[C@@H](N)CCCCN)OC(C)=O. The number of unbranched alkanes of at least 4 members (excludes halogenated alkanes) is 1. The van der Waals surface area contributed by atoms with Gasteiger partial charge in [-0.25, -0.2) is 10.9 Å². The van der Waals surface area contributed by atoms with Crippen LogP contribution in [0.4, 0.5) is 0 Å². The van der Waals surface area contributed by atoms with Gasteiger partial charge in [-0.2, -0.15) is 11.8 Å². The van der Waals surface area contributed by atoms with Crippen LogP contribution in [0, 0.1) is 0 Å². The molecule has 0 aromatic heterocycles. The normalized spacial score (nSPS) is 17.1. The predicted octanol–water partition coefficient (Wildman–Crippen LogP) is -2.80. The summed E-state index contributed by atoms with van der Waals surface area (Å²) in [6.07, 6.45) is 0.677. The Balaban J connectivity index is 2.69. The molecule has 0 spiro atoms. The van der Waals surface area contributed by atoms with Crippen molar-refractivity contribution >= 4 is 58.7 Å². The van der Waals surface area contributed by atoms with E-state index in [0.717, 1.165) is 11.8 Å². The Bertz CT molecular complexity index is 1090. The van der Waals surface area contributed by atoms with Crippen LogP contribution in [0.15, 0.2) is 0 Å². The molecule has 0 saturated carbocycles. The van der Waals surface area contributed by atoms with Gasteiger partial charge in [0.1, 0.15) is 12.7 Å². The minimum atomic E-state index is -1.60. The molecule has 0 aliphatic carbocycles. The number of esters is 2. The average Bonchev–Trinajstić information content (AvgIpc) is 3.47. The Morgan fingerprint density at radius 2 is 1.67 bits per heavy atom. The fourth-order valence-corrected chi connectivity index (χ4v) is 5.35. The van der Waals surface area contributed by atoms with Gasteiger partial charge < -0.3 is 36.7 Å². The second kappa shape index (κ2) is 20.7. The number of carbonyl (C=O) groups excluding carboxylic acids is 7. The van der Waals surface area contributed by atoms with E-state index in [1.54, 1.807) is 0 Å². The summed E-state index contributed by atoms with van der Waals surface area (Å²) in [5.41, 5.74) is 21.9. The molecule has 0 aromatic rings. The molecule has 0 aromatic carbocycles. The van der Waals surface area contributed by atoms with Gasteiger partial charge in [0.15, 0.2) is 0 Å². The number of aliphatic carboxylic acids is 1. The number of ether oxygens (including phenoxy) is 2. The highest BCUT2D eigenvalue weighted by Crippen LogP contribution is 2.21. The smallest absolute Gasteiger partial charge is 0.305 e. The molecule has 1 heterocycles. The van der Waals surface area contributed by atoms with Crippen LogP contribution in [-0.4, -0.2) is 125 Å². The molecule has 1 aliphatic rings. The molecule has 1 amide bonds. The van der Waals surface area contributed by atoms with E-state index in [1.165, 1.54) is 18.7 Å². The summed E-state index contributed by atoms with van der Waals surface area (Å²) in [6.45, 7) is 2.15. The van der Waals surface area contributed by atoms with E-state index in [4.69, 9.17) is 26.7 Å². The lowest BCUT2D eigenvalue weighted by Gasteiger charge is -2.27. The average molecular weight is 661 g/mol. The van der Waals surface area contributed by atoms with Crippen molar-refractivity contribution in [1.82, 2.24) is 15.8 Å². The van der Waals surface area contributed by atoms with E-state index in [-0.39, 0.29) is 31.1 Å². The third kappa shape index (κ3) is 14.6. The van der Waals surface area contributed by atoms with Gasteiger partial charge in [-0.15, -0.1) is 0 Å². The van der Waals surface area contributed by atoms with Crippen LogP contribution in [0.1, 0.15) is 52.4 Å². The van der Waals surface area contributed by atoms with Gasteiger partial charge in [0.2, 0.25) is 29.0 Å². The topological polar surface area (TPSA) is 281 Å². The zero-order valence-corrected chi connectivity index (χ0v) is 26.3. The van der Waals surface area contributed by atoms with E-state index in [2.05, 4.69) is 10.9 Å². The summed E-state index contributed by atoms with van der Waals surface area (Å²) in [4.78, 5) is 98.7. The van der Waals surface area contributed by atoms with Crippen molar-refractivity contribution in [2.45, 2.75) is 82.6 Å². The molecule has 1 aliphatic heterocycles. The van der Waals surface area contributed by atoms with Crippen molar-refractivity contribution < 1.29 is 52.9 Å². The number of nitrogens with one attached hydrogen (secondary N) is 2. The number of likely N-dealkylation sites (tertiary alicyclic amines) is 1. The second-order valence-electron chi connectivity index (χ2n) is 10.4. The Morgan fingerprint density at radius 1 is 0.978 bits per heavy atom. The molecule has 0 bridgehead atoms. The zero-order valence-electron chi connectivity index (χ0n) is 25.5. The molecule has 0 radical (unpaired) electrons. The molecule has 1 fully saturated rings. The first-order valence-electron chi connectivity index (χ1n) is 14.4. The van der Waals surface area contributed by atoms with E-state index in [0.29, 0.717) is 32.2 Å². The third-order valence-corrected chi connectivity index (χ3v) is 7.81. The molecule has 5 atom stereocenters. The Labute approximate surface area is 265 Å². The molecule has 2 unspecified atom stereocenters. The quantitative estimate of drug-likeness (QED) is 0.0279. The summed E-state index contributed by atoms with van der Waals surface area (Å²) in [5, 5.41) is 9.28. The largest absolute Gasteiger partial charge is 0.481 e. The fourth-order valence-electron chi connectivity index (χ4n) is 4.38. The summed E-state index contributed by atoms with van der Waals surface area (Å²) in [6, 6.07) is -4.83. The second-order valence-corrected chi connectivity index (χ2v) is 11.5. The number of thioether (sulfide) groups is 1. The van der Waals surface area contributed by atoms with E-state index in [9.17, 15) is 43.5 Å². The summed E-state index contributed by atoms with van der Waals surface area (Å²) in [5.74, 6) is -7.05. The first-order valence-corrected chi connectivity index (χ1v) is 15.6. The van der Waals surface area contributed by atoms with Gasteiger partial charge in [0, 0.05) is 31.9 Å². The Kier molecular flexibility index (Phi) is 18.3. The van der Waals surface area contributed by atoms with Gasteiger partial charge in [-0.3, -0.25) is 38.4 Å². The molecule has 45 heavy (non-hydrogen) atoms. The lowest BCUT2D eigenvalue weighted by Crippen LogP contribution is -2.55. The van der Waals surface area contributed by atoms with Crippen molar-refractivity contribution in [2.24, 2.45) is 17.2 Å². The number of Topliss-reactive ketones (excluding diaryl/α,β-unsaturated/α-hetero) is 4. The number of ketones is 4. The van der Waals surface area contributed by atoms with Crippen LogP contribution in [0.5, 0.6) is 0 Å². The lowest BCUT2D eigenvalue weighted by molar-refractivity contribution is -0.154. The monoisotopic (exact) mass is 660 g/mol. The minimum absolute atomic E-state index is 0.0439. The maximum Gasteiger partial charge on any atom is 0.305 e. The molecule has 18 heteroatoms. The Hall–Kier alpha value is -3.29. The molecule has 1 rings (SSSR count). The standard InChI is InChI=1S/C27H44N6O11S/c1-15(34)43-12-17(44-16(2)35)13-45-14-19(30)24(39)22(36)11-31-32-20(10-23(37)38)25(40)26(41)21-7-5-9-33(21)27(42)18(29)6-3-4-8-28/h17-21,31-32H,3-14,28-30H2,1-2H3,(H,37,38)/t17?,18-,19?,20-,21-/m0/s1. The molecular weight excluding hydrogens is 616 g/mol. The number of rotatable bonds is 23. The highest BCUT2D eigenvalue weighted by atomic mass is 32.2. The van der Waals surface area contributed by atoms with Crippen molar-refractivity contribution in [3.05, 3.63) is 0 Å². The van der Waals surface area contributed by atoms with Gasteiger partial charge in [0.05, 0.1) is 37.1 Å². The van der Waals surface area contributed by atoms with Crippen molar-refractivity contribution in [3.63, 3.8) is 0 Å². The highest BCUT2D eigenvalue weighted by molar-refractivity contribution is 7.99.